The molecule has 1 fully saturated rings. The lowest BCUT2D eigenvalue weighted by Gasteiger charge is -2.31. The van der Waals surface area contributed by atoms with Crippen molar-refractivity contribution in [3.05, 3.63) is 0 Å². The van der Waals surface area contributed by atoms with E-state index in [0.717, 1.165) is 52.0 Å². The summed E-state index contributed by atoms with van der Waals surface area (Å²) >= 11 is 0. The van der Waals surface area contributed by atoms with E-state index in [2.05, 4.69) is 11.9 Å². The second kappa shape index (κ2) is 7.22. The van der Waals surface area contributed by atoms with E-state index in [-0.39, 0.29) is 5.41 Å². The summed E-state index contributed by atoms with van der Waals surface area (Å²) in [5, 5.41) is 8.69. The minimum atomic E-state index is 0.186. The molecule has 0 aromatic rings. The summed E-state index contributed by atoms with van der Waals surface area (Å²) in [6, 6.07) is 0. The third kappa shape index (κ3) is 4.37. The van der Waals surface area contributed by atoms with Crippen LogP contribution in [0.4, 0.5) is 0 Å². The van der Waals surface area contributed by atoms with Gasteiger partial charge in [-0.05, 0) is 39.3 Å². The van der Waals surface area contributed by atoms with Crippen LogP contribution in [0, 0.1) is 5.41 Å². The fraction of sp³-hybridized carbons (Fsp3) is 1.00. The third-order valence-corrected chi connectivity index (χ3v) is 3.42. The minimum Gasteiger partial charge on any atom is -0.396 e. The summed E-state index contributed by atoms with van der Waals surface area (Å²) in [5.41, 5.74) is 6.04. The van der Waals surface area contributed by atoms with Crippen molar-refractivity contribution in [2.45, 2.75) is 25.7 Å². The van der Waals surface area contributed by atoms with Crippen molar-refractivity contribution < 1.29 is 9.84 Å². The molecule has 0 bridgehead atoms. The fourth-order valence-corrected chi connectivity index (χ4v) is 2.32. The Morgan fingerprint density at radius 2 is 2.19 bits per heavy atom. The maximum Gasteiger partial charge on any atom is 0.0547 e. The van der Waals surface area contributed by atoms with Gasteiger partial charge in [0.25, 0.3) is 0 Å². The van der Waals surface area contributed by atoms with Crippen molar-refractivity contribution in [1.29, 1.82) is 0 Å². The average Bonchev–Trinajstić information content (AvgIpc) is 2.74. The molecule has 1 aliphatic rings. The van der Waals surface area contributed by atoms with Crippen LogP contribution in [-0.4, -0.2) is 56.5 Å². The first-order chi connectivity index (χ1) is 7.72. The van der Waals surface area contributed by atoms with E-state index in [9.17, 15) is 0 Å². The molecule has 1 heterocycles. The predicted octanol–water partition coefficient (Wildman–Crippen LogP) is 0.446. The van der Waals surface area contributed by atoms with E-state index in [1.54, 1.807) is 0 Å². The summed E-state index contributed by atoms with van der Waals surface area (Å²) in [7, 11) is 2.15. The molecule has 4 nitrogen and oxygen atoms in total. The van der Waals surface area contributed by atoms with Crippen LogP contribution >= 0.6 is 0 Å². The zero-order valence-electron chi connectivity index (χ0n) is 10.5. The SMILES string of the molecule is CN(CCCCCO)CC1(CN)CCOC1. The quantitative estimate of drug-likeness (QED) is 0.594. The number of ether oxygens (including phenoxy) is 1. The molecule has 0 aromatic heterocycles. The van der Waals surface area contributed by atoms with Gasteiger partial charge < -0.3 is 20.5 Å². The summed E-state index contributed by atoms with van der Waals surface area (Å²) in [6.07, 6.45) is 4.26. The largest absolute Gasteiger partial charge is 0.396 e. The second-order valence-electron chi connectivity index (χ2n) is 5.03. The topological polar surface area (TPSA) is 58.7 Å². The van der Waals surface area contributed by atoms with E-state index < -0.39 is 0 Å². The monoisotopic (exact) mass is 230 g/mol. The number of rotatable bonds is 8. The van der Waals surface area contributed by atoms with E-state index in [4.69, 9.17) is 15.6 Å². The zero-order chi connectivity index (χ0) is 11.9. The van der Waals surface area contributed by atoms with Crippen LogP contribution in [0.3, 0.4) is 0 Å². The van der Waals surface area contributed by atoms with Crippen molar-refractivity contribution in [2.24, 2.45) is 11.1 Å². The van der Waals surface area contributed by atoms with Crippen molar-refractivity contribution in [1.82, 2.24) is 4.90 Å². The van der Waals surface area contributed by atoms with Gasteiger partial charge in [0.15, 0.2) is 0 Å². The average molecular weight is 230 g/mol. The second-order valence-corrected chi connectivity index (χ2v) is 5.03. The maximum atomic E-state index is 8.69. The molecule has 3 N–H and O–H groups in total. The molecular weight excluding hydrogens is 204 g/mol. The number of hydrogen-bond acceptors (Lipinski definition) is 4. The molecule has 1 atom stereocenters. The Kier molecular flexibility index (Phi) is 6.28. The van der Waals surface area contributed by atoms with Gasteiger partial charge in [-0.1, -0.05) is 0 Å². The fourth-order valence-electron chi connectivity index (χ4n) is 2.32. The highest BCUT2D eigenvalue weighted by Gasteiger charge is 2.34. The van der Waals surface area contributed by atoms with Crippen molar-refractivity contribution in [3.63, 3.8) is 0 Å². The number of hydrogen-bond donors (Lipinski definition) is 2. The van der Waals surface area contributed by atoms with Gasteiger partial charge in [-0.3, -0.25) is 0 Å². The van der Waals surface area contributed by atoms with Crippen molar-refractivity contribution in [3.8, 4) is 0 Å². The van der Waals surface area contributed by atoms with Crippen LogP contribution in [0.15, 0.2) is 0 Å². The van der Waals surface area contributed by atoms with Crippen LogP contribution < -0.4 is 5.73 Å². The van der Waals surface area contributed by atoms with E-state index in [0.29, 0.717) is 13.2 Å². The first kappa shape index (κ1) is 13.9. The van der Waals surface area contributed by atoms with Gasteiger partial charge in [-0.15, -0.1) is 0 Å². The Balaban J connectivity index is 2.18. The Morgan fingerprint density at radius 3 is 2.75 bits per heavy atom. The highest BCUT2D eigenvalue weighted by Crippen LogP contribution is 2.28. The first-order valence-electron chi connectivity index (χ1n) is 6.30. The number of unbranched alkanes of at least 4 members (excludes halogenated alkanes) is 2. The Hall–Kier alpha value is -0.160. The molecule has 4 heteroatoms. The van der Waals surface area contributed by atoms with Crippen molar-refractivity contribution >= 4 is 0 Å². The summed E-state index contributed by atoms with van der Waals surface area (Å²) < 4.78 is 5.46. The highest BCUT2D eigenvalue weighted by atomic mass is 16.5. The maximum absolute atomic E-state index is 8.69. The smallest absolute Gasteiger partial charge is 0.0547 e. The van der Waals surface area contributed by atoms with E-state index in [1.807, 2.05) is 0 Å². The van der Waals surface area contributed by atoms with Crippen LogP contribution in [-0.2, 0) is 4.74 Å². The summed E-state index contributed by atoms with van der Waals surface area (Å²) in [6.45, 7) is 4.81. The molecule has 0 saturated carbocycles. The van der Waals surface area contributed by atoms with Crippen LogP contribution in [0.25, 0.3) is 0 Å². The molecule has 1 unspecified atom stereocenters. The van der Waals surface area contributed by atoms with Gasteiger partial charge in [0, 0.05) is 31.7 Å². The summed E-state index contributed by atoms with van der Waals surface area (Å²) in [5.74, 6) is 0. The van der Waals surface area contributed by atoms with Gasteiger partial charge >= 0.3 is 0 Å². The first-order valence-corrected chi connectivity index (χ1v) is 6.30. The lowest BCUT2D eigenvalue weighted by atomic mass is 9.87. The normalized spacial score (nSPS) is 25.5. The molecule has 0 aliphatic carbocycles. The van der Waals surface area contributed by atoms with Gasteiger partial charge in [-0.25, -0.2) is 0 Å². The zero-order valence-corrected chi connectivity index (χ0v) is 10.5. The van der Waals surface area contributed by atoms with E-state index in [1.165, 1.54) is 0 Å². The Bertz CT molecular complexity index is 182. The van der Waals surface area contributed by atoms with E-state index >= 15 is 0 Å². The van der Waals surface area contributed by atoms with Gasteiger partial charge in [0.1, 0.15) is 0 Å². The predicted molar refractivity (Wildman–Crippen MR) is 65.4 cm³/mol. The van der Waals surface area contributed by atoms with Gasteiger partial charge in [-0.2, -0.15) is 0 Å². The number of nitrogens with two attached hydrogens (primary N) is 1. The third-order valence-electron chi connectivity index (χ3n) is 3.42. The highest BCUT2D eigenvalue weighted by molar-refractivity contribution is 4.86. The lowest BCUT2D eigenvalue weighted by molar-refractivity contribution is 0.124. The van der Waals surface area contributed by atoms with Gasteiger partial charge in [0.05, 0.1) is 6.61 Å². The number of aliphatic hydroxyl groups is 1. The molecular formula is C12H26N2O2. The Morgan fingerprint density at radius 1 is 1.38 bits per heavy atom. The Labute approximate surface area is 98.8 Å². The molecule has 96 valence electrons. The molecule has 0 aromatic carbocycles. The lowest BCUT2D eigenvalue weighted by Crippen LogP contribution is -2.42. The molecule has 0 amide bonds. The molecule has 0 spiro atoms. The molecule has 1 aliphatic heterocycles. The standard InChI is InChI=1S/C12H26N2O2/c1-14(6-3-2-4-7-15)10-12(9-13)5-8-16-11-12/h15H,2-11,13H2,1H3. The van der Waals surface area contributed by atoms with Crippen LogP contribution in [0.5, 0.6) is 0 Å². The molecule has 1 rings (SSSR count). The number of aliphatic hydroxyl groups excluding tert-OH is 1. The molecule has 0 radical (unpaired) electrons. The molecule has 1 saturated heterocycles. The minimum absolute atomic E-state index is 0.186. The summed E-state index contributed by atoms with van der Waals surface area (Å²) in [4.78, 5) is 2.35. The van der Waals surface area contributed by atoms with Crippen LogP contribution in [0.1, 0.15) is 25.7 Å². The van der Waals surface area contributed by atoms with Gasteiger partial charge in [0.2, 0.25) is 0 Å². The van der Waals surface area contributed by atoms with Crippen molar-refractivity contribution in [2.75, 3.05) is 46.5 Å². The van der Waals surface area contributed by atoms with Crippen LogP contribution in [0.2, 0.25) is 0 Å². The number of nitrogens with zero attached hydrogens (tertiary/aromatic N) is 1. The molecule has 16 heavy (non-hydrogen) atoms.